The van der Waals surface area contributed by atoms with Crippen molar-refractivity contribution < 1.29 is 28.2 Å². The van der Waals surface area contributed by atoms with Crippen molar-refractivity contribution in [2.24, 2.45) is 0 Å². The number of aliphatic hydroxyl groups is 2. The zero-order valence-corrected chi connectivity index (χ0v) is 59.0. The number of aliphatic hydroxyl groups excluding tert-OH is 2. The van der Waals surface area contributed by atoms with Crippen molar-refractivity contribution in [3.63, 3.8) is 0 Å². The van der Waals surface area contributed by atoms with Gasteiger partial charge in [-0.25, -0.2) is 58.0 Å². The number of amides is 1. The number of nitrogens with one attached hydrogen (secondary N) is 6. The molecule has 107 heavy (non-hydrogen) atoms. The number of fused-ring (bicyclic) bond motifs is 3. The van der Waals surface area contributed by atoms with Crippen LogP contribution in [0, 0.1) is 17.5 Å². The van der Waals surface area contributed by atoms with Crippen LogP contribution in [0.2, 0.25) is 0 Å². The van der Waals surface area contributed by atoms with Gasteiger partial charge in [0.15, 0.2) is 0 Å². The van der Waals surface area contributed by atoms with Gasteiger partial charge >= 0.3 is 0 Å². The lowest BCUT2D eigenvalue weighted by atomic mass is 10.1. The summed E-state index contributed by atoms with van der Waals surface area (Å²) < 4.78 is 46.9. The molecule has 1 amide bonds. The Bertz CT molecular complexity index is 5460. The molecule has 15 aromatic rings. The van der Waals surface area contributed by atoms with Gasteiger partial charge in [-0.3, -0.25) is 18.0 Å². The molecule has 0 aliphatic rings. The second kappa shape index (κ2) is 34.2. The molecule has 0 aliphatic carbocycles. The lowest BCUT2D eigenvalue weighted by Gasteiger charge is -2.15. The quantitative estimate of drug-likeness (QED) is 0.0247. The molecule has 0 aliphatic heterocycles. The second-order valence-electron chi connectivity index (χ2n) is 25.3. The average Bonchev–Trinajstić information content (AvgIpc) is 1.63. The van der Waals surface area contributed by atoms with Crippen LogP contribution in [0.3, 0.4) is 0 Å². The molecule has 24 heteroatoms. The lowest BCUT2D eigenvalue weighted by Crippen LogP contribution is -2.35. The summed E-state index contributed by atoms with van der Waals surface area (Å²) in [6.45, 7) is 7.45. The zero-order chi connectivity index (χ0) is 74.2. The Hall–Kier alpha value is -12.9. The number of imidazole rings is 3. The molecule has 0 fully saturated rings. The van der Waals surface area contributed by atoms with Gasteiger partial charge in [0, 0.05) is 73.5 Å². The Kier molecular flexibility index (Phi) is 23.1. The number of aromatic nitrogens is 12. The molecule has 9 heterocycles. The minimum Gasteiger partial charge on any atom is -0.395 e. The fraction of sp³-hybridized carbons (Fsp3) is 0.157. The van der Waals surface area contributed by atoms with Crippen molar-refractivity contribution in [3.05, 3.63) is 306 Å². The van der Waals surface area contributed by atoms with Crippen molar-refractivity contribution in [2.75, 3.05) is 36.2 Å². The van der Waals surface area contributed by atoms with Crippen molar-refractivity contribution in [1.82, 2.24) is 74.0 Å². The highest BCUT2D eigenvalue weighted by Gasteiger charge is 2.24. The molecule has 0 spiro atoms. The van der Waals surface area contributed by atoms with E-state index in [9.17, 15) is 28.2 Å². The van der Waals surface area contributed by atoms with E-state index in [2.05, 4.69) is 98.0 Å². The first-order valence-corrected chi connectivity index (χ1v) is 34.8. The molecular formula is C83H77F3N18O3. The molecular weight excluding hydrogens is 1350 g/mol. The summed E-state index contributed by atoms with van der Waals surface area (Å²) in [7, 11) is 1.91. The molecule has 8 N–H and O–H groups in total. The van der Waals surface area contributed by atoms with E-state index in [0.29, 0.717) is 71.4 Å². The average molecular weight is 1430 g/mol. The molecule has 0 unspecified atom stereocenters. The van der Waals surface area contributed by atoms with Crippen LogP contribution < -0.4 is 31.9 Å². The monoisotopic (exact) mass is 1430 g/mol. The predicted octanol–water partition coefficient (Wildman–Crippen LogP) is 14.7. The van der Waals surface area contributed by atoms with E-state index in [4.69, 9.17) is 29.9 Å². The summed E-state index contributed by atoms with van der Waals surface area (Å²) in [5.74, 6) is 0.585. The van der Waals surface area contributed by atoms with Gasteiger partial charge in [0.25, 0.3) is 0 Å². The normalized spacial score (nSPS) is 12.1. The van der Waals surface area contributed by atoms with Crippen molar-refractivity contribution in [2.45, 2.75) is 64.6 Å². The molecule has 0 bridgehead atoms. The number of hydrogen-bond acceptors (Lipinski definition) is 17. The van der Waals surface area contributed by atoms with Crippen molar-refractivity contribution in [3.8, 4) is 67.9 Å². The number of pyridine rings is 3. The summed E-state index contributed by atoms with van der Waals surface area (Å²) in [5.41, 5.74) is 17.4. The first-order valence-electron chi connectivity index (χ1n) is 34.8. The number of carbonyl (C=O) groups is 1. The summed E-state index contributed by atoms with van der Waals surface area (Å²) in [6.07, 6.45) is 11.6. The van der Waals surface area contributed by atoms with Crippen LogP contribution in [0.4, 0.5) is 31.0 Å². The van der Waals surface area contributed by atoms with Gasteiger partial charge in [-0.2, -0.15) is 0 Å². The maximum Gasteiger partial charge on any atom is 0.223 e. The Morgan fingerprint density at radius 1 is 0.402 bits per heavy atom. The Morgan fingerprint density at radius 2 is 0.720 bits per heavy atom. The molecule has 3 atom stereocenters. The number of anilines is 3. The lowest BCUT2D eigenvalue weighted by molar-refractivity contribution is -0.109. The van der Waals surface area contributed by atoms with Gasteiger partial charge in [-0.1, -0.05) is 91.0 Å². The number of halogens is 3. The zero-order valence-electron chi connectivity index (χ0n) is 59.0. The highest BCUT2D eigenvalue weighted by atomic mass is 19.1. The molecule has 9 aromatic heterocycles. The van der Waals surface area contributed by atoms with Crippen LogP contribution in [0.25, 0.3) is 84.9 Å². The number of nitrogens with zero attached hydrogens (tertiary/aromatic N) is 12. The fourth-order valence-corrected chi connectivity index (χ4v) is 12.3. The predicted molar refractivity (Wildman–Crippen MR) is 411 cm³/mol. The topological polar surface area (TPSA) is 259 Å². The van der Waals surface area contributed by atoms with Gasteiger partial charge in [-0.15, -0.1) is 0 Å². The Labute approximate surface area is 615 Å². The summed E-state index contributed by atoms with van der Waals surface area (Å²) in [6, 6.07) is 66.2. The Morgan fingerprint density at radius 3 is 1.03 bits per heavy atom. The van der Waals surface area contributed by atoms with Crippen LogP contribution in [-0.4, -0.2) is 101 Å². The molecule has 0 radical (unpaired) electrons. The van der Waals surface area contributed by atoms with Crippen LogP contribution in [-0.2, 0) is 24.4 Å². The van der Waals surface area contributed by atoms with Crippen LogP contribution >= 0.6 is 0 Å². The van der Waals surface area contributed by atoms with Gasteiger partial charge in [0.2, 0.25) is 24.3 Å². The molecule has 538 valence electrons. The Balaban J connectivity index is 0.000000142. The third-order valence-corrected chi connectivity index (χ3v) is 17.9. The van der Waals surface area contributed by atoms with E-state index < -0.39 is 6.04 Å². The van der Waals surface area contributed by atoms with E-state index in [1.807, 2.05) is 154 Å². The number of hydrogen-bond donors (Lipinski definition) is 8. The third kappa shape index (κ3) is 17.5. The number of rotatable bonds is 25. The van der Waals surface area contributed by atoms with Crippen LogP contribution in [0.1, 0.15) is 72.3 Å². The SMILES string of the molecule is CNCc1ccn2c(-c3ccnc(N[C@@H](C)c4ccccc4)n3)c(-c3ccc(F)cc3)nc2c1.C[C@H](Nc1nccc(-c2c(-c3ccc(F)cc3)nc3cc(CNC(CO)CO)ccn23)n1)c1ccccc1.C[C@H](Nc1nccc(-c2c(-c3ccc(F)cc3)nc3cc(CNC=O)ccn23)n1)c1ccccc1. The standard InChI is InChI=1S/C29H29FN6O2.C27H23FN6O.C27H25FN6/c1-19(21-5-3-2-4-6-21)33-29-31-13-11-25(34-29)28-27(22-7-9-23(30)10-8-22)35-26-15-20(12-14-36(26)28)16-32-24(17-37)18-38;1-18(20-5-3-2-4-6-20)31-27-30-13-11-23(32-27)26-25(21-7-9-22(28)10-8-21)33-24-15-19(16-29-17-35)12-14-34(24)26;1-18(20-6-4-3-5-7-20)31-27-30-14-12-23(32-27)26-25(21-8-10-22(28)11-9-21)33-24-16-19(17-29-2)13-15-34(24)26/h2-15,19,24,32,37-38H,16-18H2,1H3,(H,31,33,34);2-15,17-18H,16H2,1H3,(H,29,35)(H,30,31,32);3-16,18,29H,17H2,1-2H3,(H,30,31,32)/t19-;2*18-/m000/s1. The van der Waals surface area contributed by atoms with E-state index >= 15 is 0 Å². The highest BCUT2D eigenvalue weighted by molar-refractivity contribution is 5.83. The largest absolute Gasteiger partial charge is 0.395 e. The fourth-order valence-electron chi connectivity index (χ4n) is 12.3. The second-order valence-corrected chi connectivity index (χ2v) is 25.3. The minimum absolute atomic E-state index is 0.00179. The smallest absolute Gasteiger partial charge is 0.223 e. The first kappa shape index (κ1) is 72.5. The van der Waals surface area contributed by atoms with E-state index in [-0.39, 0.29) is 48.8 Å². The summed E-state index contributed by atoms with van der Waals surface area (Å²) >= 11 is 0. The first-order chi connectivity index (χ1) is 52.3. The van der Waals surface area contributed by atoms with E-state index in [1.165, 1.54) is 36.4 Å². The van der Waals surface area contributed by atoms with Crippen molar-refractivity contribution in [1.29, 1.82) is 0 Å². The summed E-state index contributed by atoms with van der Waals surface area (Å²) in [4.78, 5) is 53.1. The number of carbonyl (C=O) groups excluding carboxylic acids is 1. The minimum atomic E-state index is -0.401. The summed E-state index contributed by atoms with van der Waals surface area (Å²) in [5, 5.41) is 37.8. The number of benzene rings is 6. The molecule has 0 saturated carbocycles. The maximum atomic E-state index is 13.7. The molecule has 0 saturated heterocycles. The van der Waals surface area contributed by atoms with Crippen molar-refractivity contribution >= 4 is 41.2 Å². The maximum absolute atomic E-state index is 13.7. The third-order valence-electron chi connectivity index (χ3n) is 17.9. The van der Waals surface area contributed by atoms with Gasteiger partial charge in [0.05, 0.1) is 88.6 Å². The van der Waals surface area contributed by atoms with Gasteiger partial charge in [0.1, 0.15) is 34.4 Å². The molecule has 15 rings (SSSR count). The van der Waals surface area contributed by atoms with E-state index in [1.54, 1.807) is 55.0 Å². The van der Waals surface area contributed by atoms with E-state index in [0.717, 1.165) is 90.7 Å². The highest BCUT2D eigenvalue weighted by Crippen LogP contribution is 2.37. The molecule has 6 aromatic carbocycles. The van der Waals surface area contributed by atoms with Crippen LogP contribution in [0.5, 0.6) is 0 Å². The van der Waals surface area contributed by atoms with Gasteiger partial charge in [-0.05, 0) is 189 Å². The van der Waals surface area contributed by atoms with Crippen LogP contribution in [0.15, 0.2) is 256 Å². The van der Waals surface area contributed by atoms with Gasteiger partial charge < -0.3 is 42.1 Å². The molecule has 21 nitrogen and oxygen atoms in total.